The van der Waals surface area contributed by atoms with Gasteiger partial charge in [0.1, 0.15) is 11.5 Å². The number of hydrogen-bond donors (Lipinski definition) is 2. The lowest BCUT2D eigenvalue weighted by Crippen LogP contribution is -2.00. The number of carboxylic acid groups (broad SMARTS) is 1. The highest BCUT2D eigenvalue weighted by molar-refractivity contribution is 5.89. The summed E-state index contributed by atoms with van der Waals surface area (Å²) in [6, 6.07) is 8.49. The standard InChI is InChI=1S/C16H17NO3/c1-9-4-5-10(2)15(11(9)3)20-14-7-6-12(16(18)19)8-13(14)17/h4-8H,17H2,1-3H3,(H,18,19). The fourth-order valence-corrected chi connectivity index (χ4v) is 1.97. The van der Waals surface area contributed by atoms with E-state index in [0.717, 1.165) is 22.4 Å². The second kappa shape index (κ2) is 5.25. The Hall–Kier alpha value is -2.49. The molecule has 0 fully saturated rings. The van der Waals surface area contributed by atoms with Crippen LogP contribution < -0.4 is 10.5 Å². The van der Waals surface area contributed by atoms with Gasteiger partial charge in [-0.1, -0.05) is 12.1 Å². The SMILES string of the molecule is Cc1ccc(C)c(Oc2ccc(C(=O)O)cc2N)c1C. The third kappa shape index (κ3) is 2.59. The lowest BCUT2D eigenvalue weighted by Gasteiger charge is -2.15. The van der Waals surface area contributed by atoms with Crippen LogP contribution in [0.2, 0.25) is 0 Å². The molecule has 0 radical (unpaired) electrons. The molecule has 0 aliphatic heterocycles. The molecule has 0 amide bonds. The van der Waals surface area contributed by atoms with E-state index in [0.29, 0.717) is 11.4 Å². The van der Waals surface area contributed by atoms with E-state index in [1.165, 1.54) is 12.1 Å². The Bertz CT molecular complexity index is 678. The number of hydrogen-bond acceptors (Lipinski definition) is 3. The van der Waals surface area contributed by atoms with Gasteiger partial charge in [-0.05, 0) is 55.7 Å². The second-order valence-electron chi connectivity index (χ2n) is 4.81. The maximum absolute atomic E-state index is 10.9. The largest absolute Gasteiger partial charge is 0.478 e. The van der Waals surface area contributed by atoms with Crippen LogP contribution in [0.5, 0.6) is 11.5 Å². The van der Waals surface area contributed by atoms with Gasteiger partial charge in [-0.25, -0.2) is 4.79 Å². The number of ether oxygens (including phenoxy) is 1. The van der Waals surface area contributed by atoms with E-state index in [2.05, 4.69) is 0 Å². The molecule has 0 aliphatic carbocycles. The van der Waals surface area contributed by atoms with E-state index in [4.69, 9.17) is 15.6 Å². The van der Waals surface area contributed by atoms with Gasteiger partial charge in [0.2, 0.25) is 0 Å². The first kappa shape index (κ1) is 13.9. The molecule has 0 heterocycles. The topological polar surface area (TPSA) is 72.5 Å². The summed E-state index contributed by atoms with van der Waals surface area (Å²) in [5, 5.41) is 8.92. The summed E-state index contributed by atoms with van der Waals surface area (Å²) in [5.41, 5.74) is 9.50. The molecule has 2 aromatic carbocycles. The van der Waals surface area contributed by atoms with Crippen LogP contribution in [0.3, 0.4) is 0 Å². The predicted molar refractivity (Wildman–Crippen MR) is 78.5 cm³/mol. The molecule has 0 aliphatic rings. The Balaban J connectivity index is 2.41. The number of benzene rings is 2. The molecule has 0 spiro atoms. The number of nitrogens with two attached hydrogens (primary N) is 1. The van der Waals surface area contributed by atoms with E-state index in [9.17, 15) is 4.79 Å². The summed E-state index contributed by atoms with van der Waals surface area (Å²) < 4.78 is 5.87. The van der Waals surface area contributed by atoms with Gasteiger partial charge in [-0.2, -0.15) is 0 Å². The van der Waals surface area contributed by atoms with Crippen molar-refractivity contribution >= 4 is 11.7 Å². The van der Waals surface area contributed by atoms with E-state index >= 15 is 0 Å². The van der Waals surface area contributed by atoms with Gasteiger partial charge in [0.15, 0.2) is 0 Å². The Kier molecular flexibility index (Phi) is 3.66. The molecule has 0 saturated carbocycles. The highest BCUT2D eigenvalue weighted by atomic mass is 16.5. The van der Waals surface area contributed by atoms with Crippen LogP contribution in [0.4, 0.5) is 5.69 Å². The minimum atomic E-state index is -1.01. The van der Waals surface area contributed by atoms with E-state index < -0.39 is 5.97 Å². The molecule has 4 heteroatoms. The van der Waals surface area contributed by atoms with Crippen molar-refractivity contribution in [3.05, 3.63) is 52.6 Å². The molecule has 20 heavy (non-hydrogen) atoms. The molecule has 2 rings (SSSR count). The van der Waals surface area contributed by atoms with Gasteiger partial charge in [0.25, 0.3) is 0 Å². The molecule has 104 valence electrons. The van der Waals surface area contributed by atoms with Crippen molar-refractivity contribution in [2.45, 2.75) is 20.8 Å². The maximum atomic E-state index is 10.9. The normalized spacial score (nSPS) is 10.3. The van der Waals surface area contributed by atoms with E-state index in [1.807, 2.05) is 32.9 Å². The quantitative estimate of drug-likeness (QED) is 0.835. The highest BCUT2D eigenvalue weighted by Crippen LogP contribution is 2.33. The Morgan fingerprint density at radius 1 is 1.10 bits per heavy atom. The van der Waals surface area contributed by atoms with Gasteiger partial charge in [-0.3, -0.25) is 0 Å². The van der Waals surface area contributed by atoms with Gasteiger partial charge in [-0.15, -0.1) is 0 Å². The summed E-state index contributed by atoms with van der Waals surface area (Å²) in [5.74, 6) is 0.220. The van der Waals surface area contributed by atoms with Gasteiger partial charge in [0.05, 0.1) is 11.3 Å². The van der Waals surface area contributed by atoms with Crippen LogP contribution in [0, 0.1) is 20.8 Å². The molecule has 0 unspecified atom stereocenters. The average Bonchev–Trinajstić information content (AvgIpc) is 2.40. The lowest BCUT2D eigenvalue weighted by molar-refractivity contribution is 0.0697. The van der Waals surface area contributed by atoms with E-state index in [-0.39, 0.29) is 5.56 Å². The zero-order valence-corrected chi connectivity index (χ0v) is 11.7. The van der Waals surface area contributed by atoms with Crippen molar-refractivity contribution < 1.29 is 14.6 Å². The van der Waals surface area contributed by atoms with E-state index in [1.54, 1.807) is 6.07 Å². The summed E-state index contributed by atoms with van der Waals surface area (Å²) in [7, 11) is 0. The zero-order valence-electron chi connectivity index (χ0n) is 11.7. The minimum Gasteiger partial charge on any atom is -0.478 e. The van der Waals surface area contributed by atoms with Crippen LogP contribution in [-0.2, 0) is 0 Å². The summed E-state index contributed by atoms with van der Waals surface area (Å²) in [6.45, 7) is 5.96. The van der Waals surface area contributed by atoms with Crippen molar-refractivity contribution in [3.8, 4) is 11.5 Å². The minimum absolute atomic E-state index is 0.146. The highest BCUT2D eigenvalue weighted by Gasteiger charge is 2.11. The summed E-state index contributed by atoms with van der Waals surface area (Å²) in [4.78, 5) is 10.9. The van der Waals surface area contributed by atoms with Gasteiger partial charge >= 0.3 is 5.97 Å². The Morgan fingerprint density at radius 2 is 1.75 bits per heavy atom. The first-order chi connectivity index (χ1) is 9.40. The van der Waals surface area contributed by atoms with Crippen LogP contribution >= 0.6 is 0 Å². The number of aryl methyl sites for hydroxylation is 2. The Labute approximate surface area is 117 Å². The summed E-state index contributed by atoms with van der Waals surface area (Å²) >= 11 is 0. The van der Waals surface area contributed by atoms with Crippen molar-refractivity contribution in [1.82, 2.24) is 0 Å². The molecule has 2 aromatic rings. The molecular formula is C16H17NO3. The smallest absolute Gasteiger partial charge is 0.335 e. The molecule has 0 saturated heterocycles. The van der Waals surface area contributed by atoms with Gasteiger partial charge < -0.3 is 15.6 Å². The predicted octanol–water partition coefficient (Wildman–Crippen LogP) is 3.68. The molecule has 0 bridgehead atoms. The van der Waals surface area contributed by atoms with Crippen molar-refractivity contribution in [3.63, 3.8) is 0 Å². The number of rotatable bonds is 3. The molecular weight excluding hydrogens is 254 g/mol. The number of aromatic carboxylic acids is 1. The fraction of sp³-hybridized carbons (Fsp3) is 0.188. The summed E-state index contributed by atoms with van der Waals surface area (Å²) in [6.07, 6.45) is 0. The first-order valence-electron chi connectivity index (χ1n) is 6.27. The zero-order chi connectivity index (χ0) is 14.9. The van der Waals surface area contributed by atoms with Crippen molar-refractivity contribution in [2.24, 2.45) is 0 Å². The number of carboxylic acids is 1. The first-order valence-corrected chi connectivity index (χ1v) is 6.27. The average molecular weight is 271 g/mol. The number of anilines is 1. The molecule has 4 nitrogen and oxygen atoms in total. The number of nitrogen functional groups attached to an aromatic ring is 1. The molecule has 3 N–H and O–H groups in total. The second-order valence-corrected chi connectivity index (χ2v) is 4.81. The maximum Gasteiger partial charge on any atom is 0.335 e. The third-order valence-electron chi connectivity index (χ3n) is 3.34. The Morgan fingerprint density at radius 3 is 2.35 bits per heavy atom. The lowest BCUT2D eigenvalue weighted by atomic mass is 10.1. The van der Waals surface area contributed by atoms with Crippen molar-refractivity contribution in [2.75, 3.05) is 5.73 Å². The monoisotopic (exact) mass is 271 g/mol. The van der Waals surface area contributed by atoms with Gasteiger partial charge in [0, 0.05) is 0 Å². The number of carbonyl (C=O) groups is 1. The third-order valence-corrected chi connectivity index (χ3v) is 3.34. The van der Waals surface area contributed by atoms with Crippen molar-refractivity contribution in [1.29, 1.82) is 0 Å². The molecule has 0 atom stereocenters. The van der Waals surface area contributed by atoms with Crippen LogP contribution in [-0.4, -0.2) is 11.1 Å². The van der Waals surface area contributed by atoms with Crippen LogP contribution in [0.15, 0.2) is 30.3 Å². The fourth-order valence-electron chi connectivity index (χ4n) is 1.97. The van der Waals surface area contributed by atoms with Crippen LogP contribution in [0.1, 0.15) is 27.0 Å². The van der Waals surface area contributed by atoms with Crippen LogP contribution in [0.25, 0.3) is 0 Å². The molecule has 0 aromatic heterocycles.